The molecular formula is C11H15OP. The molecule has 1 nitrogen and oxygen atoms in total. The van der Waals surface area contributed by atoms with E-state index in [9.17, 15) is 4.79 Å². The lowest BCUT2D eigenvalue weighted by Gasteiger charge is -2.08. The molecule has 70 valence electrons. The molecule has 0 saturated heterocycles. The van der Waals surface area contributed by atoms with Crippen LogP contribution in [0.15, 0.2) is 24.3 Å². The number of hydrogen-bond donors (Lipinski definition) is 0. The van der Waals surface area contributed by atoms with Crippen molar-refractivity contribution in [2.75, 3.05) is 6.16 Å². The Morgan fingerprint density at radius 1 is 1.38 bits per heavy atom. The quantitative estimate of drug-likeness (QED) is 0.534. The summed E-state index contributed by atoms with van der Waals surface area (Å²) in [5.41, 5.74) is 2.08. The van der Waals surface area contributed by atoms with E-state index < -0.39 is 0 Å². The summed E-state index contributed by atoms with van der Waals surface area (Å²) in [6, 6.07) is 7.86. The van der Waals surface area contributed by atoms with Crippen LogP contribution in [-0.4, -0.2) is 11.9 Å². The highest BCUT2D eigenvalue weighted by molar-refractivity contribution is 7.16. The van der Waals surface area contributed by atoms with Crippen LogP contribution in [0.1, 0.15) is 35.7 Å². The monoisotopic (exact) mass is 194 g/mol. The Morgan fingerprint density at radius 3 is 2.31 bits per heavy atom. The van der Waals surface area contributed by atoms with Crippen molar-refractivity contribution in [3.8, 4) is 0 Å². The molecule has 0 bridgehead atoms. The second-order valence-electron chi connectivity index (χ2n) is 3.31. The standard InChI is InChI=1S/C11H15OP/c1-8(7-13)10-3-5-11(6-4-10)9(2)12/h3-6,8H,7,13H2,1-2H3. The number of carbonyl (C=O) groups is 1. The first-order chi connectivity index (χ1) is 6.15. The fraction of sp³-hybridized carbons (Fsp3) is 0.364. The van der Waals surface area contributed by atoms with Crippen molar-refractivity contribution in [1.82, 2.24) is 0 Å². The minimum absolute atomic E-state index is 0.130. The zero-order valence-electron chi connectivity index (χ0n) is 8.08. The van der Waals surface area contributed by atoms with E-state index in [-0.39, 0.29) is 5.78 Å². The molecule has 0 radical (unpaired) electrons. The van der Waals surface area contributed by atoms with Crippen molar-refractivity contribution in [3.63, 3.8) is 0 Å². The van der Waals surface area contributed by atoms with Gasteiger partial charge in [-0.1, -0.05) is 31.2 Å². The van der Waals surface area contributed by atoms with Crippen molar-refractivity contribution in [2.24, 2.45) is 0 Å². The molecule has 0 aliphatic heterocycles. The van der Waals surface area contributed by atoms with Crippen molar-refractivity contribution in [2.45, 2.75) is 19.8 Å². The van der Waals surface area contributed by atoms with Gasteiger partial charge in [0.25, 0.3) is 0 Å². The lowest BCUT2D eigenvalue weighted by atomic mass is 10.0. The third kappa shape index (κ3) is 2.63. The number of Topliss-reactive ketones (excluding diaryl/α,β-unsaturated/α-hetero) is 1. The van der Waals surface area contributed by atoms with Crippen molar-refractivity contribution in [3.05, 3.63) is 35.4 Å². The average Bonchev–Trinajstić information content (AvgIpc) is 2.17. The summed E-state index contributed by atoms with van der Waals surface area (Å²) in [4.78, 5) is 11.0. The van der Waals surface area contributed by atoms with Crippen LogP contribution in [0.3, 0.4) is 0 Å². The number of benzene rings is 1. The Bertz CT molecular complexity index is 289. The molecule has 1 rings (SSSR count). The molecule has 0 aliphatic carbocycles. The molecule has 13 heavy (non-hydrogen) atoms. The summed E-state index contributed by atoms with van der Waals surface area (Å²) < 4.78 is 0. The topological polar surface area (TPSA) is 17.1 Å². The first-order valence-electron chi connectivity index (χ1n) is 4.46. The van der Waals surface area contributed by atoms with Gasteiger partial charge in [-0.05, 0) is 24.6 Å². The molecule has 0 fully saturated rings. The maximum atomic E-state index is 11.0. The summed E-state index contributed by atoms with van der Waals surface area (Å²) in [6.45, 7) is 3.77. The second-order valence-corrected chi connectivity index (χ2v) is 3.79. The smallest absolute Gasteiger partial charge is 0.159 e. The molecule has 0 aliphatic rings. The number of hydrogen-bond acceptors (Lipinski definition) is 1. The van der Waals surface area contributed by atoms with Crippen LogP contribution >= 0.6 is 9.24 Å². The van der Waals surface area contributed by atoms with E-state index in [1.54, 1.807) is 6.92 Å². The van der Waals surface area contributed by atoms with E-state index in [4.69, 9.17) is 0 Å². The summed E-state index contributed by atoms with van der Waals surface area (Å²) in [5, 5.41) is 0. The molecule has 0 spiro atoms. The molecule has 2 atom stereocenters. The highest BCUT2D eigenvalue weighted by Crippen LogP contribution is 2.17. The minimum Gasteiger partial charge on any atom is -0.295 e. The summed E-state index contributed by atoms with van der Waals surface area (Å²) in [6.07, 6.45) is 1.05. The molecule has 2 heteroatoms. The molecule has 0 amide bonds. The largest absolute Gasteiger partial charge is 0.295 e. The molecule has 0 saturated carbocycles. The molecule has 1 aromatic carbocycles. The Labute approximate surface area is 81.7 Å². The van der Waals surface area contributed by atoms with Gasteiger partial charge in [-0.3, -0.25) is 4.79 Å². The minimum atomic E-state index is 0.130. The zero-order valence-corrected chi connectivity index (χ0v) is 9.23. The fourth-order valence-electron chi connectivity index (χ4n) is 1.18. The molecule has 1 aromatic rings. The Balaban J connectivity index is 2.87. The van der Waals surface area contributed by atoms with Crippen molar-refractivity contribution < 1.29 is 4.79 Å². The summed E-state index contributed by atoms with van der Waals surface area (Å²) in [7, 11) is 2.73. The zero-order chi connectivity index (χ0) is 9.84. The van der Waals surface area contributed by atoms with E-state index in [0.717, 1.165) is 11.7 Å². The summed E-state index contributed by atoms with van der Waals surface area (Å²) in [5.74, 6) is 0.677. The van der Waals surface area contributed by atoms with Gasteiger partial charge < -0.3 is 0 Å². The van der Waals surface area contributed by atoms with Crippen molar-refractivity contribution >= 4 is 15.0 Å². The lowest BCUT2D eigenvalue weighted by molar-refractivity contribution is 0.101. The number of ketones is 1. The average molecular weight is 194 g/mol. The fourth-order valence-corrected chi connectivity index (χ4v) is 1.45. The van der Waals surface area contributed by atoms with Gasteiger partial charge in [0.2, 0.25) is 0 Å². The maximum absolute atomic E-state index is 11.0. The SMILES string of the molecule is CC(=O)c1ccc(C(C)CP)cc1. The van der Waals surface area contributed by atoms with E-state index in [1.807, 2.05) is 24.3 Å². The van der Waals surface area contributed by atoms with Crippen LogP contribution in [0, 0.1) is 0 Å². The van der Waals surface area contributed by atoms with E-state index >= 15 is 0 Å². The van der Waals surface area contributed by atoms with Crippen LogP contribution < -0.4 is 0 Å². The van der Waals surface area contributed by atoms with E-state index in [0.29, 0.717) is 5.92 Å². The van der Waals surface area contributed by atoms with Crippen LogP contribution in [0.5, 0.6) is 0 Å². The molecule has 0 N–H and O–H groups in total. The molecule has 2 unspecified atom stereocenters. The van der Waals surface area contributed by atoms with E-state index in [1.165, 1.54) is 5.56 Å². The third-order valence-electron chi connectivity index (χ3n) is 2.24. The number of rotatable bonds is 3. The van der Waals surface area contributed by atoms with Crippen LogP contribution in [-0.2, 0) is 0 Å². The van der Waals surface area contributed by atoms with Gasteiger partial charge in [-0.2, -0.15) is 0 Å². The highest BCUT2D eigenvalue weighted by atomic mass is 31.0. The van der Waals surface area contributed by atoms with Gasteiger partial charge in [-0.25, -0.2) is 0 Å². The molecular weight excluding hydrogens is 179 g/mol. The normalized spacial score (nSPS) is 12.5. The molecule has 0 heterocycles. The van der Waals surface area contributed by atoms with Gasteiger partial charge in [-0.15, -0.1) is 9.24 Å². The predicted molar refractivity (Wildman–Crippen MR) is 59.4 cm³/mol. The van der Waals surface area contributed by atoms with Crippen LogP contribution in [0.4, 0.5) is 0 Å². The number of carbonyl (C=O) groups excluding carboxylic acids is 1. The Hall–Kier alpha value is -0.680. The molecule has 0 aromatic heterocycles. The third-order valence-corrected chi connectivity index (χ3v) is 2.95. The highest BCUT2D eigenvalue weighted by Gasteiger charge is 2.03. The second kappa shape index (κ2) is 4.53. The first-order valence-corrected chi connectivity index (χ1v) is 5.27. The maximum Gasteiger partial charge on any atom is 0.159 e. The van der Waals surface area contributed by atoms with Gasteiger partial charge in [0.1, 0.15) is 0 Å². The van der Waals surface area contributed by atoms with Gasteiger partial charge in [0.05, 0.1) is 0 Å². The van der Waals surface area contributed by atoms with Crippen LogP contribution in [0.2, 0.25) is 0 Å². The first kappa shape index (κ1) is 10.4. The van der Waals surface area contributed by atoms with Crippen LogP contribution in [0.25, 0.3) is 0 Å². The van der Waals surface area contributed by atoms with Gasteiger partial charge >= 0.3 is 0 Å². The summed E-state index contributed by atoms with van der Waals surface area (Å²) >= 11 is 0. The predicted octanol–water partition coefficient (Wildman–Crippen LogP) is 2.87. The van der Waals surface area contributed by atoms with E-state index in [2.05, 4.69) is 16.2 Å². The van der Waals surface area contributed by atoms with Gasteiger partial charge in [0.15, 0.2) is 5.78 Å². The van der Waals surface area contributed by atoms with Crippen molar-refractivity contribution in [1.29, 1.82) is 0 Å². The lowest BCUT2D eigenvalue weighted by Crippen LogP contribution is -1.96. The van der Waals surface area contributed by atoms with Gasteiger partial charge in [0, 0.05) is 5.56 Å². The Morgan fingerprint density at radius 2 is 1.92 bits per heavy atom. The Kier molecular flexibility index (Phi) is 3.62.